The second-order valence-corrected chi connectivity index (χ2v) is 5.44. The van der Waals surface area contributed by atoms with Gasteiger partial charge in [-0.15, -0.1) is 0 Å². The Morgan fingerprint density at radius 1 is 1.00 bits per heavy atom. The molecule has 0 saturated carbocycles. The Kier molecular flexibility index (Phi) is 4.44. The maximum atomic E-state index is 2.60. The van der Waals surface area contributed by atoms with Crippen LogP contribution < -0.4 is 0 Å². The Hall–Kier alpha value is -0.0900. The lowest BCUT2D eigenvalue weighted by molar-refractivity contribution is 0.276. The molecule has 1 aromatic carbocycles. The molecule has 2 rings (SSSR count). The molecule has 0 atom stereocenters. The summed E-state index contributed by atoms with van der Waals surface area (Å²) >= 11 is 2.44. The van der Waals surface area contributed by atoms with Crippen LogP contribution in [-0.2, 0) is 6.54 Å². The van der Waals surface area contributed by atoms with Gasteiger partial charge in [0.05, 0.1) is 0 Å². The molecule has 1 aromatic rings. The minimum atomic E-state index is 1.14. The summed E-state index contributed by atoms with van der Waals surface area (Å²) in [6, 6.07) is 8.73. The monoisotopic (exact) mass is 315 g/mol. The van der Waals surface area contributed by atoms with Gasteiger partial charge in [0, 0.05) is 10.1 Å². The Morgan fingerprint density at radius 3 is 2.33 bits per heavy atom. The number of benzene rings is 1. The van der Waals surface area contributed by atoms with Gasteiger partial charge in [-0.3, -0.25) is 4.90 Å². The van der Waals surface area contributed by atoms with E-state index in [4.69, 9.17) is 0 Å². The van der Waals surface area contributed by atoms with Gasteiger partial charge in [-0.05, 0) is 60.2 Å². The van der Waals surface area contributed by atoms with Crippen molar-refractivity contribution in [1.29, 1.82) is 0 Å². The Bertz CT molecular complexity index is 303. The summed E-state index contributed by atoms with van der Waals surface area (Å²) in [5.41, 5.74) is 1.49. The van der Waals surface area contributed by atoms with Gasteiger partial charge in [0.25, 0.3) is 0 Å². The van der Waals surface area contributed by atoms with Crippen LogP contribution >= 0.6 is 22.6 Å². The lowest BCUT2D eigenvalue weighted by atomic mass is 10.2. The third-order valence-electron chi connectivity index (χ3n) is 3.05. The molecule has 1 nitrogen and oxygen atoms in total. The zero-order chi connectivity index (χ0) is 10.5. The highest BCUT2D eigenvalue weighted by Gasteiger charge is 2.10. The van der Waals surface area contributed by atoms with E-state index in [1.807, 2.05) is 0 Å². The van der Waals surface area contributed by atoms with Crippen molar-refractivity contribution in [3.8, 4) is 0 Å². The third kappa shape index (κ3) is 3.45. The van der Waals surface area contributed by atoms with E-state index in [9.17, 15) is 0 Å². The van der Waals surface area contributed by atoms with Crippen molar-refractivity contribution in [1.82, 2.24) is 4.90 Å². The van der Waals surface area contributed by atoms with Gasteiger partial charge in [0.15, 0.2) is 0 Å². The summed E-state index contributed by atoms with van der Waals surface area (Å²) in [6.45, 7) is 3.70. The number of hydrogen-bond acceptors (Lipinski definition) is 1. The van der Waals surface area contributed by atoms with Gasteiger partial charge in [0.1, 0.15) is 0 Å². The minimum Gasteiger partial charge on any atom is -0.299 e. The molecule has 1 saturated heterocycles. The van der Waals surface area contributed by atoms with Crippen LogP contribution in [0.15, 0.2) is 24.3 Å². The first kappa shape index (κ1) is 11.4. The Morgan fingerprint density at radius 2 is 1.67 bits per heavy atom. The van der Waals surface area contributed by atoms with E-state index in [0.29, 0.717) is 0 Å². The highest BCUT2D eigenvalue weighted by atomic mass is 127. The van der Waals surface area contributed by atoms with E-state index in [-0.39, 0.29) is 0 Å². The van der Waals surface area contributed by atoms with Gasteiger partial charge < -0.3 is 0 Å². The summed E-state index contributed by atoms with van der Waals surface area (Å²) in [6.07, 6.45) is 5.59. The number of rotatable bonds is 2. The predicted molar refractivity (Wildman–Crippen MR) is 72.9 cm³/mol. The molecule has 2 heteroatoms. The van der Waals surface area contributed by atoms with Crippen LogP contribution in [0.2, 0.25) is 0 Å². The molecule has 0 radical (unpaired) electrons. The van der Waals surface area contributed by atoms with Gasteiger partial charge in [0.2, 0.25) is 0 Å². The Labute approximate surface area is 106 Å². The number of nitrogens with zero attached hydrogens (tertiary/aromatic N) is 1. The molecule has 0 amide bonds. The lowest BCUT2D eigenvalue weighted by Crippen LogP contribution is -2.24. The molecule has 1 aliphatic heterocycles. The predicted octanol–water partition coefficient (Wildman–Crippen LogP) is 3.67. The molecule has 82 valence electrons. The first-order valence-electron chi connectivity index (χ1n) is 5.82. The van der Waals surface area contributed by atoms with Crippen molar-refractivity contribution in [2.75, 3.05) is 13.1 Å². The molecule has 0 bridgehead atoms. The minimum absolute atomic E-state index is 1.14. The quantitative estimate of drug-likeness (QED) is 0.753. The first-order chi connectivity index (χ1) is 7.36. The fourth-order valence-corrected chi connectivity index (χ4v) is 2.72. The van der Waals surface area contributed by atoms with E-state index in [2.05, 4.69) is 51.8 Å². The van der Waals surface area contributed by atoms with Crippen molar-refractivity contribution in [3.63, 3.8) is 0 Å². The third-order valence-corrected chi connectivity index (χ3v) is 4.10. The summed E-state index contributed by atoms with van der Waals surface area (Å²) in [5, 5.41) is 0. The van der Waals surface area contributed by atoms with Crippen LogP contribution in [0.3, 0.4) is 0 Å². The highest BCUT2D eigenvalue weighted by Crippen LogP contribution is 2.17. The molecule has 0 N–H and O–H groups in total. The average Bonchev–Trinajstić information content (AvgIpc) is 2.50. The smallest absolute Gasteiger partial charge is 0.0244 e. The SMILES string of the molecule is Ic1ccccc1CN1CCCCCC1. The number of hydrogen-bond donors (Lipinski definition) is 0. The maximum Gasteiger partial charge on any atom is 0.0244 e. The van der Waals surface area contributed by atoms with E-state index < -0.39 is 0 Å². The van der Waals surface area contributed by atoms with Crippen molar-refractivity contribution in [3.05, 3.63) is 33.4 Å². The van der Waals surface area contributed by atoms with E-state index in [1.165, 1.54) is 47.9 Å². The number of halogens is 1. The van der Waals surface area contributed by atoms with Crippen molar-refractivity contribution >= 4 is 22.6 Å². The lowest BCUT2D eigenvalue weighted by Gasteiger charge is -2.20. The maximum absolute atomic E-state index is 2.60. The fraction of sp³-hybridized carbons (Fsp3) is 0.538. The van der Waals surface area contributed by atoms with Gasteiger partial charge in [-0.25, -0.2) is 0 Å². The molecule has 0 aromatic heterocycles. The van der Waals surface area contributed by atoms with Crippen LogP contribution in [0.5, 0.6) is 0 Å². The highest BCUT2D eigenvalue weighted by molar-refractivity contribution is 14.1. The molecule has 0 aliphatic carbocycles. The summed E-state index contributed by atoms with van der Waals surface area (Å²) in [7, 11) is 0. The molecule has 1 aliphatic rings. The fourth-order valence-electron chi connectivity index (χ4n) is 2.16. The Balaban J connectivity index is 1.98. The average molecular weight is 315 g/mol. The van der Waals surface area contributed by atoms with Crippen LogP contribution in [0.25, 0.3) is 0 Å². The number of likely N-dealkylation sites (tertiary alicyclic amines) is 1. The van der Waals surface area contributed by atoms with Crippen molar-refractivity contribution in [2.45, 2.75) is 32.2 Å². The molecule has 1 fully saturated rings. The zero-order valence-corrected chi connectivity index (χ0v) is 11.2. The van der Waals surface area contributed by atoms with Crippen LogP contribution in [0, 0.1) is 3.57 Å². The van der Waals surface area contributed by atoms with Gasteiger partial charge >= 0.3 is 0 Å². The molecular formula is C13H18IN. The molecule has 1 heterocycles. The van der Waals surface area contributed by atoms with Crippen LogP contribution in [0.4, 0.5) is 0 Å². The van der Waals surface area contributed by atoms with E-state index in [1.54, 1.807) is 0 Å². The van der Waals surface area contributed by atoms with Crippen LogP contribution in [-0.4, -0.2) is 18.0 Å². The van der Waals surface area contributed by atoms with Gasteiger partial charge in [-0.1, -0.05) is 31.0 Å². The van der Waals surface area contributed by atoms with Crippen molar-refractivity contribution in [2.24, 2.45) is 0 Å². The van der Waals surface area contributed by atoms with E-state index in [0.717, 1.165) is 6.54 Å². The zero-order valence-electron chi connectivity index (χ0n) is 9.08. The standard InChI is InChI=1S/C13H18IN/c14-13-8-4-3-7-12(13)11-15-9-5-1-2-6-10-15/h3-4,7-8H,1-2,5-6,9-11H2. The van der Waals surface area contributed by atoms with E-state index >= 15 is 0 Å². The van der Waals surface area contributed by atoms with Crippen molar-refractivity contribution < 1.29 is 0 Å². The second kappa shape index (κ2) is 5.85. The van der Waals surface area contributed by atoms with Crippen LogP contribution in [0.1, 0.15) is 31.2 Å². The topological polar surface area (TPSA) is 3.24 Å². The largest absolute Gasteiger partial charge is 0.299 e. The normalized spacial score (nSPS) is 18.7. The first-order valence-corrected chi connectivity index (χ1v) is 6.90. The molecular weight excluding hydrogens is 297 g/mol. The molecule has 0 spiro atoms. The second-order valence-electron chi connectivity index (χ2n) is 4.28. The summed E-state index contributed by atoms with van der Waals surface area (Å²) < 4.78 is 1.40. The molecule has 15 heavy (non-hydrogen) atoms. The molecule has 0 unspecified atom stereocenters. The van der Waals surface area contributed by atoms with Gasteiger partial charge in [-0.2, -0.15) is 0 Å². The summed E-state index contributed by atoms with van der Waals surface area (Å²) in [5.74, 6) is 0. The summed E-state index contributed by atoms with van der Waals surface area (Å²) in [4.78, 5) is 2.60.